The van der Waals surface area contributed by atoms with Crippen LogP contribution < -0.4 is 4.90 Å². The molecule has 1 atom stereocenters. The van der Waals surface area contributed by atoms with Crippen molar-refractivity contribution in [3.8, 4) is 0 Å². The lowest BCUT2D eigenvalue weighted by atomic mass is 9.95. The highest BCUT2D eigenvalue weighted by molar-refractivity contribution is 6.04. The van der Waals surface area contributed by atoms with Crippen molar-refractivity contribution in [2.45, 2.75) is 39.2 Å². The van der Waals surface area contributed by atoms with E-state index in [4.69, 9.17) is 0 Å². The molecule has 1 saturated heterocycles. The van der Waals surface area contributed by atoms with Crippen molar-refractivity contribution in [1.29, 1.82) is 0 Å². The molecule has 3 aromatic rings. The molecule has 0 amide bonds. The van der Waals surface area contributed by atoms with E-state index in [1.807, 2.05) is 26.4 Å². The second-order valence-corrected chi connectivity index (χ2v) is 7.09. The monoisotopic (exact) mass is 368 g/mol. The van der Waals surface area contributed by atoms with Crippen LogP contribution in [0.25, 0.3) is 11.0 Å². The summed E-state index contributed by atoms with van der Waals surface area (Å²) < 4.78 is 3.88. The van der Waals surface area contributed by atoms with Crippen LogP contribution in [0.2, 0.25) is 0 Å². The van der Waals surface area contributed by atoms with Gasteiger partial charge in [-0.15, -0.1) is 0 Å². The molecule has 0 bridgehead atoms. The summed E-state index contributed by atoms with van der Waals surface area (Å²) in [6, 6.07) is 0. The predicted octanol–water partition coefficient (Wildman–Crippen LogP) is 2.58. The molecule has 0 aliphatic carbocycles. The molecule has 3 aromatic heterocycles. The van der Waals surface area contributed by atoms with E-state index in [9.17, 15) is 9.90 Å². The fourth-order valence-electron chi connectivity index (χ4n) is 4.22. The minimum atomic E-state index is -0.958. The highest BCUT2D eigenvalue weighted by Crippen LogP contribution is 2.36. The number of imidazole rings is 1. The van der Waals surface area contributed by atoms with Gasteiger partial charge in [0.1, 0.15) is 11.4 Å². The van der Waals surface area contributed by atoms with E-state index < -0.39 is 5.97 Å². The van der Waals surface area contributed by atoms with Gasteiger partial charge in [-0.2, -0.15) is 5.10 Å². The summed E-state index contributed by atoms with van der Waals surface area (Å²) in [7, 11) is 1.84. The van der Waals surface area contributed by atoms with Gasteiger partial charge in [-0.25, -0.2) is 14.8 Å². The largest absolute Gasteiger partial charge is 0.478 e. The number of carboxylic acid groups (broad SMARTS) is 1. The van der Waals surface area contributed by atoms with Gasteiger partial charge in [0.2, 0.25) is 0 Å². The Morgan fingerprint density at radius 3 is 2.93 bits per heavy atom. The number of piperidine rings is 1. The molecule has 1 aliphatic heterocycles. The number of hydrogen-bond donors (Lipinski definition) is 1. The molecular formula is C19H24N6O2. The van der Waals surface area contributed by atoms with Crippen LogP contribution in [-0.2, 0) is 13.6 Å². The van der Waals surface area contributed by atoms with Crippen molar-refractivity contribution in [3.63, 3.8) is 0 Å². The van der Waals surface area contributed by atoms with Crippen molar-refractivity contribution >= 4 is 22.7 Å². The van der Waals surface area contributed by atoms with Gasteiger partial charge in [-0.05, 0) is 26.7 Å². The first-order chi connectivity index (χ1) is 13.0. The zero-order valence-electron chi connectivity index (χ0n) is 15.9. The standard InChI is InChI=1S/C19H24N6O2/c1-4-24-9-7-20-17(24)13-6-5-8-25(11-13)16-14(19(26)27)10-21-18-15(16)12(2)22-23(18)3/h7,9-10,13H,4-6,8,11H2,1-3H3,(H,26,27). The maximum atomic E-state index is 11.9. The van der Waals surface area contributed by atoms with Crippen molar-refractivity contribution < 1.29 is 9.90 Å². The number of fused-ring (bicyclic) bond motifs is 1. The van der Waals surface area contributed by atoms with E-state index in [1.165, 1.54) is 6.20 Å². The molecule has 8 heteroatoms. The third kappa shape index (κ3) is 2.85. The smallest absolute Gasteiger partial charge is 0.339 e. The Hall–Kier alpha value is -2.90. The number of carbonyl (C=O) groups is 1. The number of aryl methyl sites for hydroxylation is 3. The first kappa shape index (κ1) is 17.5. The summed E-state index contributed by atoms with van der Waals surface area (Å²) in [6.45, 7) is 6.46. The zero-order valence-corrected chi connectivity index (χ0v) is 15.9. The van der Waals surface area contributed by atoms with E-state index in [2.05, 4.69) is 31.5 Å². The highest BCUT2D eigenvalue weighted by Gasteiger charge is 2.30. The Kier molecular flexibility index (Phi) is 4.33. The Morgan fingerprint density at radius 1 is 1.37 bits per heavy atom. The van der Waals surface area contributed by atoms with Gasteiger partial charge in [0, 0.05) is 51.2 Å². The highest BCUT2D eigenvalue weighted by atomic mass is 16.4. The number of anilines is 1. The lowest BCUT2D eigenvalue weighted by Crippen LogP contribution is -2.36. The fraction of sp³-hybridized carbons (Fsp3) is 0.474. The molecule has 0 radical (unpaired) electrons. The number of pyridine rings is 1. The van der Waals surface area contributed by atoms with Crippen molar-refractivity contribution in [3.05, 3.63) is 35.7 Å². The molecule has 4 heterocycles. The molecule has 142 valence electrons. The number of rotatable bonds is 4. The van der Waals surface area contributed by atoms with Gasteiger partial charge in [-0.1, -0.05) is 0 Å². The predicted molar refractivity (Wildman–Crippen MR) is 102 cm³/mol. The molecular weight excluding hydrogens is 344 g/mol. The zero-order chi connectivity index (χ0) is 19.1. The number of hydrogen-bond acceptors (Lipinski definition) is 5. The normalized spacial score (nSPS) is 17.6. The number of aromatic carboxylic acids is 1. The maximum Gasteiger partial charge on any atom is 0.339 e. The van der Waals surface area contributed by atoms with E-state index >= 15 is 0 Å². The molecule has 1 fully saturated rings. The van der Waals surface area contributed by atoms with Crippen LogP contribution in [-0.4, -0.2) is 48.5 Å². The SMILES string of the molecule is CCn1ccnc1C1CCCN(c2c(C(=O)O)cnc3c2c(C)nn3C)C1. The van der Waals surface area contributed by atoms with Crippen LogP contribution in [0.4, 0.5) is 5.69 Å². The lowest BCUT2D eigenvalue weighted by Gasteiger charge is -2.35. The maximum absolute atomic E-state index is 11.9. The number of aromatic nitrogens is 5. The number of nitrogens with zero attached hydrogens (tertiary/aromatic N) is 6. The molecule has 1 aliphatic rings. The molecule has 0 saturated carbocycles. The first-order valence-electron chi connectivity index (χ1n) is 9.32. The van der Waals surface area contributed by atoms with Crippen LogP contribution >= 0.6 is 0 Å². The Bertz CT molecular complexity index is 1010. The van der Waals surface area contributed by atoms with Gasteiger partial charge in [0.15, 0.2) is 5.65 Å². The Balaban J connectivity index is 1.81. The summed E-state index contributed by atoms with van der Waals surface area (Å²) in [6.07, 6.45) is 7.35. The average Bonchev–Trinajstić information content (AvgIpc) is 3.25. The van der Waals surface area contributed by atoms with Gasteiger partial charge >= 0.3 is 5.97 Å². The van der Waals surface area contributed by atoms with E-state index in [0.29, 0.717) is 5.65 Å². The van der Waals surface area contributed by atoms with Gasteiger partial charge in [0.25, 0.3) is 0 Å². The van der Waals surface area contributed by atoms with E-state index in [1.54, 1.807) is 4.68 Å². The van der Waals surface area contributed by atoms with Crippen molar-refractivity contribution in [1.82, 2.24) is 24.3 Å². The topological polar surface area (TPSA) is 89.1 Å². The number of carboxylic acids is 1. The van der Waals surface area contributed by atoms with Crippen LogP contribution in [0.3, 0.4) is 0 Å². The summed E-state index contributed by atoms with van der Waals surface area (Å²) >= 11 is 0. The molecule has 4 rings (SSSR count). The molecule has 1 N–H and O–H groups in total. The quantitative estimate of drug-likeness (QED) is 0.761. The minimum Gasteiger partial charge on any atom is -0.478 e. The van der Waals surface area contributed by atoms with E-state index in [-0.39, 0.29) is 11.5 Å². The third-order valence-corrected chi connectivity index (χ3v) is 5.42. The molecule has 0 aromatic carbocycles. The van der Waals surface area contributed by atoms with Crippen molar-refractivity contribution in [2.24, 2.45) is 7.05 Å². The lowest BCUT2D eigenvalue weighted by molar-refractivity contribution is 0.0697. The Morgan fingerprint density at radius 2 is 2.19 bits per heavy atom. The average molecular weight is 368 g/mol. The second kappa shape index (κ2) is 6.68. The molecule has 8 nitrogen and oxygen atoms in total. The molecule has 0 spiro atoms. The fourth-order valence-corrected chi connectivity index (χ4v) is 4.22. The summed E-state index contributed by atoms with van der Waals surface area (Å²) in [4.78, 5) is 23.0. The van der Waals surface area contributed by atoms with E-state index in [0.717, 1.165) is 55.1 Å². The summed E-state index contributed by atoms with van der Waals surface area (Å²) in [5.74, 6) is 0.391. The first-order valence-corrected chi connectivity index (χ1v) is 9.32. The molecule has 1 unspecified atom stereocenters. The van der Waals surface area contributed by atoms with Crippen molar-refractivity contribution in [2.75, 3.05) is 18.0 Å². The summed E-state index contributed by atoms with van der Waals surface area (Å²) in [5.41, 5.74) is 2.48. The summed E-state index contributed by atoms with van der Waals surface area (Å²) in [5, 5.41) is 15.1. The minimum absolute atomic E-state index is 0.234. The van der Waals surface area contributed by atoms with Crippen LogP contribution in [0.1, 0.15) is 47.6 Å². The van der Waals surface area contributed by atoms with Gasteiger partial charge < -0.3 is 14.6 Å². The third-order valence-electron chi connectivity index (χ3n) is 5.42. The van der Waals surface area contributed by atoms with Gasteiger partial charge in [-0.3, -0.25) is 4.68 Å². The Labute approximate surface area is 157 Å². The second-order valence-electron chi connectivity index (χ2n) is 7.09. The van der Waals surface area contributed by atoms with Crippen LogP contribution in [0, 0.1) is 6.92 Å². The molecule has 27 heavy (non-hydrogen) atoms. The van der Waals surface area contributed by atoms with Crippen LogP contribution in [0.15, 0.2) is 18.6 Å². The van der Waals surface area contributed by atoms with Crippen LogP contribution in [0.5, 0.6) is 0 Å². The van der Waals surface area contributed by atoms with Gasteiger partial charge in [0.05, 0.1) is 16.8 Å².